The first-order valence-electron chi connectivity index (χ1n) is 7.51. The zero-order chi connectivity index (χ0) is 15.2. The topological polar surface area (TPSA) is 66.8 Å². The molecule has 5 heteroatoms. The molecule has 1 amide bonds. The van der Waals surface area contributed by atoms with Crippen LogP contribution in [0, 0.1) is 0 Å². The van der Waals surface area contributed by atoms with Crippen LogP contribution >= 0.6 is 0 Å². The Bertz CT molecular complexity index is 327. The molecule has 0 aromatic heterocycles. The number of carboxylic acid groups (broad SMARTS) is 1. The van der Waals surface area contributed by atoms with Crippen molar-refractivity contribution in [3.63, 3.8) is 0 Å². The fraction of sp³-hybridized carbons (Fsp3) is 0.867. The lowest BCUT2D eigenvalue weighted by Crippen LogP contribution is -2.44. The van der Waals surface area contributed by atoms with Crippen LogP contribution in [0.5, 0.6) is 0 Å². The molecule has 5 nitrogen and oxygen atoms in total. The summed E-state index contributed by atoms with van der Waals surface area (Å²) >= 11 is 0. The first-order valence-corrected chi connectivity index (χ1v) is 7.51. The molecule has 1 aliphatic carbocycles. The highest BCUT2D eigenvalue weighted by Crippen LogP contribution is 2.24. The van der Waals surface area contributed by atoms with Crippen molar-refractivity contribution < 1.29 is 19.4 Å². The van der Waals surface area contributed by atoms with Crippen molar-refractivity contribution in [2.45, 2.75) is 77.4 Å². The van der Waals surface area contributed by atoms with Gasteiger partial charge in [-0.15, -0.1) is 0 Å². The molecule has 20 heavy (non-hydrogen) atoms. The van der Waals surface area contributed by atoms with Gasteiger partial charge in [0.25, 0.3) is 0 Å². The van der Waals surface area contributed by atoms with Crippen molar-refractivity contribution in [1.82, 2.24) is 4.90 Å². The van der Waals surface area contributed by atoms with E-state index in [1.165, 1.54) is 12.8 Å². The molecule has 0 radical (unpaired) electrons. The Morgan fingerprint density at radius 1 is 1.15 bits per heavy atom. The largest absolute Gasteiger partial charge is 0.481 e. The summed E-state index contributed by atoms with van der Waals surface area (Å²) in [6.07, 6.45) is 6.04. The molecule has 1 fully saturated rings. The first kappa shape index (κ1) is 16.8. The Labute approximate surface area is 121 Å². The highest BCUT2D eigenvalue weighted by Gasteiger charge is 2.29. The molecule has 116 valence electrons. The summed E-state index contributed by atoms with van der Waals surface area (Å²) in [5, 5.41) is 8.85. The summed E-state index contributed by atoms with van der Waals surface area (Å²) in [5.41, 5.74) is -0.552. The van der Waals surface area contributed by atoms with Gasteiger partial charge in [-0.2, -0.15) is 0 Å². The van der Waals surface area contributed by atoms with E-state index in [2.05, 4.69) is 0 Å². The molecule has 0 atom stereocenters. The molecular formula is C15H27NO4. The van der Waals surface area contributed by atoms with E-state index in [0.29, 0.717) is 0 Å². The molecule has 1 N–H and O–H groups in total. The number of carbonyl (C=O) groups is 2. The molecule has 0 aliphatic heterocycles. The van der Waals surface area contributed by atoms with E-state index < -0.39 is 11.6 Å². The van der Waals surface area contributed by atoms with Gasteiger partial charge in [0.05, 0.1) is 6.42 Å². The van der Waals surface area contributed by atoms with Crippen LogP contribution in [0.25, 0.3) is 0 Å². The first-order chi connectivity index (χ1) is 9.29. The lowest BCUT2D eigenvalue weighted by atomic mass is 10.1. The van der Waals surface area contributed by atoms with Crippen LogP contribution in [0.15, 0.2) is 0 Å². The predicted molar refractivity (Wildman–Crippen MR) is 76.7 cm³/mol. The smallest absolute Gasteiger partial charge is 0.410 e. The lowest BCUT2D eigenvalue weighted by Gasteiger charge is -2.33. The number of aliphatic carboxylic acids is 1. The van der Waals surface area contributed by atoms with Crippen molar-refractivity contribution in [3.05, 3.63) is 0 Å². The van der Waals surface area contributed by atoms with Gasteiger partial charge in [0.2, 0.25) is 0 Å². The zero-order valence-corrected chi connectivity index (χ0v) is 12.9. The summed E-state index contributed by atoms with van der Waals surface area (Å²) < 4.78 is 5.42. The van der Waals surface area contributed by atoms with E-state index in [9.17, 15) is 9.59 Å². The van der Waals surface area contributed by atoms with Gasteiger partial charge in [0.15, 0.2) is 0 Å². The fourth-order valence-corrected chi connectivity index (χ4v) is 2.53. The summed E-state index contributed by atoms with van der Waals surface area (Å²) in [6, 6.07) is 0.117. The van der Waals surface area contributed by atoms with Crippen LogP contribution in [-0.4, -0.2) is 40.3 Å². The molecule has 0 unspecified atom stereocenters. The number of carbonyl (C=O) groups excluding carboxylic acids is 1. The maximum atomic E-state index is 12.3. The van der Waals surface area contributed by atoms with Crippen molar-refractivity contribution in [1.29, 1.82) is 0 Å². The molecule has 1 aliphatic rings. The van der Waals surface area contributed by atoms with Crippen molar-refractivity contribution in [2.75, 3.05) is 6.54 Å². The number of hydrogen-bond acceptors (Lipinski definition) is 3. The van der Waals surface area contributed by atoms with Crippen LogP contribution in [0.1, 0.15) is 65.7 Å². The molecule has 0 spiro atoms. The van der Waals surface area contributed by atoms with Gasteiger partial charge in [-0.25, -0.2) is 4.79 Å². The number of nitrogens with zero attached hydrogens (tertiary/aromatic N) is 1. The van der Waals surface area contributed by atoms with E-state index in [1.807, 2.05) is 20.8 Å². The Morgan fingerprint density at radius 3 is 2.15 bits per heavy atom. The molecule has 1 saturated carbocycles. The number of ether oxygens (including phenoxy) is 1. The molecule has 0 heterocycles. The third-order valence-corrected chi connectivity index (χ3v) is 3.46. The van der Waals surface area contributed by atoms with Crippen LogP contribution in [0.3, 0.4) is 0 Å². The van der Waals surface area contributed by atoms with Crippen LogP contribution in [-0.2, 0) is 9.53 Å². The molecule has 0 aromatic rings. The molecule has 0 bridgehead atoms. The minimum atomic E-state index is -0.882. The maximum Gasteiger partial charge on any atom is 0.410 e. The van der Waals surface area contributed by atoms with Crippen LogP contribution in [0.2, 0.25) is 0 Å². The van der Waals surface area contributed by atoms with E-state index in [1.54, 1.807) is 4.90 Å². The zero-order valence-electron chi connectivity index (χ0n) is 12.9. The molecular weight excluding hydrogens is 258 g/mol. The van der Waals surface area contributed by atoms with E-state index in [0.717, 1.165) is 25.7 Å². The minimum Gasteiger partial charge on any atom is -0.481 e. The van der Waals surface area contributed by atoms with Crippen LogP contribution in [0.4, 0.5) is 4.79 Å². The van der Waals surface area contributed by atoms with Gasteiger partial charge < -0.3 is 14.7 Å². The number of rotatable bonds is 4. The van der Waals surface area contributed by atoms with Gasteiger partial charge >= 0.3 is 12.1 Å². The average molecular weight is 285 g/mol. The lowest BCUT2D eigenvalue weighted by molar-refractivity contribution is -0.137. The van der Waals surface area contributed by atoms with Crippen molar-refractivity contribution in [3.8, 4) is 0 Å². The molecule has 0 saturated heterocycles. The monoisotopic (exact) mass is 285 g/mol. The van der Waals surface area contributed by atoms with Crippen LogP contribution < -0.4 is 0 Å². The third-order valence-electron chi connectivity index (χ3n) is 3.46. The van der Waals surface area contributed by atoms with Gasteiger partial charge in [0.1, 0.15) is 5.60 Å². The summed E-state index contributed by atoms with van der Waals surface area (Å²) in [7, 11) is 0. The number of hydrogen-bond donors (Lipinski definition) is 1. The van der Waals surface area contributed by atoms with Gasteiger partial charge in [-0.1, -0.05) is 25.7 Å². The SMILES string of the molecule is CC(C)(C)OC(=O)N(CCC(=O)O)C1CCCCCC1. The normalized spacial score (nSPS) is 17.4. The van der Waals surface area contributed by atoms with Crippen molar-refractivity contribution in [2.24, 2.45) is 0 Å². The summed E-state index contributed by atoms with van der Waals surface area (Å²) in [6.45, 7) is 5.71. The number of amides is 1. The van der Waals surface area contributed by atoms with Gasteiger partial charge in [0, 0.05) is 12.6 Å². The Balaban J connectivity index is 2.71. The van der Waals surface area contributed by atoms with E-state index >= 15 is 0 Å². The standard InChI is InChI=1S/C15H27NO4/c1-15(2,3)20-14(19)16(11-10-13(17)18)12-8-6-4-5-7-9-12/h12H,4-11H2,1-3H3,(H,17,18). The average Bonchev–Trinajstić information content (AvgIpc) is 2.55. The third kappa shape index (κ3) is 6.26. The Morgan fingerprint density at radius 2 is 1.70 bits per heavy atom. The second-order valence-electron chi connectivity index (χ2n) is 6.46. The molecule has 1 rings (SSSR count). The van der Waals surface area contributed by atoms with Gasteiger partial charge in [-0.05, 0) is 33.6 Å². The maximum absolute atomic E-state index is 12.3. The van der Waals surface area contributed by atoms with E-state index in [4.69, 9.17) is 9.84 Å². The summed E-state index contributed by atoms with van der Waals surface area (Å²) in [5.74, 6) is -0.882. The van der Waals surface area contributed by atoms with Gasteiger partial charge in [-0.3, -0.25) is 4.79 Å². The quantitative estimate of drug-likeness (QED) is 0.804. The van der Waals surface area contributed by atoms with E-state index in [-0.39, 0.29) is 25.1 Å². The second kappa shape index (κ2) is 7.50. The van der Waals surface area contributed by atoms with Crippen molar-refractivity contribution >= 4 is 12.1 Å². The predicted octanol–water partition coefficient (Wildman–Crippen LogP) is 3.42. The molecule has 0 aromatic carbocycles. The highest BCUT2D eigenvalue weighted by molar-refractivity contribution is 5.71. The highest BCUT2D eigenvalue weighted by atomic mass is 16.6. The Hall–Kier alpha value is -1.26. The number of carboxylic acids is 1. The fourth-order valence-electron chi connectivity index (χ4n) is 2.53. The second-order valence-corrected chi connectivity index (χ2v) is 6.46. The Kier molecular flexibility index (Phi) is 6.30. The minimum absolute atomic E-state index is 0.0320. The summed E-state index contributed by atoms with van der Waals surface area (Å²) in [4.78, 5) is 24.7.